The number of amides is 1. The molecule has 0 aliphatic rings. The molecule has 124 valence electrons. The lowest BCUT2D eigenvalue weighted by Crippen LogP contribution is -2.16. The monoisotopic (exact) mass is 334 g/mol. The molecular weight excluding hydrogens is 312 g/mol. The van der Waals surface area contributed by atoms with E-state index in [1.54, 1.807) is 6.07 Å². The minimum atomic E-state index is -0.0856. The Balaban J connectivity index is 0.00000264. The standard InChI is InChI=1S/C18H22N2O2.ClH/c1-12-5-7-16(10-14(12)3)22-9-8-18(21)20-17-11-15(19)6-4-13(17)2;/h4-7,10-11H,8-9,19H2,1-3H3,(H,20,21);1H. The van der Waals surface area contributed by atoms with Crippen LogP contribution in [0.3, 0.4) is 0 Å². The van der Waals surface area contributed by atoms with Crippen LogP contribution in [-0.2, 0) is 4.79 Å². The molecule has 0 unspecified atom stereocenters. The molecular formula is C18H23ClN2O2. The number of hydrogen-bond acceptors (Lipinski definition) is 3. The molecule has 23 heavy (non-hydrogen) atoms. The highest BCUT2D eigenvalue weighted by molar-refractivity contribution is 5.92. The molecule has 1 amide bonds. The molecule has 0 aromatic heterocycles. The number of carbonyl (C=O) groups is 1. The third-order valence-corrected chi connectivity index (χ3v) is 3.61. The summed E-state index contributed by atoms with van der Waals surface area (Å²) >= 11 is 0. The first kappa shape index (κ1) is 18.8. The lowest BCUT2D eigenvalue weighted by Gasteiger charge is -2.10. The van der Waals surface area contributed by atoms with E-state index in [-0.39, 0.29) is 18.3 Å². The molecule has 0 saturated heterocycles. The van der Waals surface area contributed by atoms with Crippen LogP contribution in [0.4, 0.5) is 11.4 Å². The van der Waals surface area contributed by atoms with Crippen LogP contribution in [0.15, 0.2) is 36.4 Å². The highest BCUT2D eigenvalue weighted by atomic mass is 35.5. The Morgan fingerprint density at radius 3 is 2.43 bits per heavy atom. The molecule has 0 fully saturated rings. The van der Waals surface area contributed by atoms with Crippen molar-refractivity contribution in [1.29, 1.82) is 0 Å². The largest absolute Gasteiger partial charge is 0.493 e. The van der Waals surface area contributed by atoms with Gasteiger partial charge in [-0.2, -0.15) is 0 Å². The maximum absolute atomic E-state index is 12.0. The Labute approximate surface area is 143 Å². The Morgan fingerprint density at radius 2 is 1.74 bits per heavy atom. The van der Waals surface area contributed by atoms with Crippen LogP contribution in [0.2, 0.25) is 0 Å². The van der Waals surface area contributed by atoms with E-state index < -0.39 is 0 Å². The Kier molecular flexibility index (Phi) is 6.91. The van der Waals surface area contributed by atoms with E-state index in [2.05, 4.69) is 12.2 Å². The first-order valence-electron chi connectivity index (χ1n) is 7.32. The summed E-state index contributed by atoms with van der Waals surface area (Å²) in [5, 5.41) is 2.86. The average molecular weight is 335 g/mol. The molecule has 4 nitrogen and oxygen atoms in total. The number of ether oxygens (including phenoxy) is 1. The van der Waals surface area contributed by atoms with Gasteiger partial charge in [0.25, 0.3) is 0 Å². The zero-order valence-corrected chi connectivity index (χ0v) is 14.5. The number of nitrogens with one attached hydrogen (secondary N) is 1. The first-order valence-corrected chi connectivity index (χ1v) is 7.32. The zero-order valence-electron chi connectivity index (χ0n) is 13.7. The molecule has 2 aromatic carbocycles. The summed E-state index contributed by atoms with van der Waals surface area (Å²) in [6, 6.07) is 11.4. The van der Waals surface area contributed by atoms with Gasteiger partial charge in [0.05, 0.1) is 13.0 Å². The predicted octanol–water partition coefficient (Wildman–Crippen LogP) is 4.02. The van der Waals surface area contributed by atoms with Crippen LogP contribution < -0.4 is 15.8 Å². The summed E-state index contributed by atoms with van der Waals surface area (Å²) in [5.41, 5.74) is 10.5. The number of nitrogen functional groups attached to an aromatic ring is 1. The maximum Gasteiger partial charge on any atom is 0.227 e. The van der Waals surface area contributed by atoms with Crippen LogP contribution in [-0.4, -0.2) is 12.5 Å². The van der Waals surface area contributed by atoms with Gasteiger partial charge in [-0.3, -0.25) is 4.79 Å². The van der Waals surface area contributed by atoms with E-state index in [1.807, 2.05) is 44.2 Å². The van der Waals surface area contributed by atoms with Crippen molar-refractivity contribution < 1.29 is 9.53 Å². The zero-order chi connectivity index (χ0) is 16.1. The van der Waals surface area contributed by atoms with Crippen LogP contribution in [0.5, 0.6) is 5.75 Å². The van der Waals surface area contributed by atoms with E-state index in [0.717, 1.165) is 17.0 Å². The number of aryl methyl sites for hydroxylation is 3. The summed E-state index contributed by atoms with van der Waals surface area (Å²) in [4.78, 5) is 12.0. The Morgan fingerprint density at radius 1 is 1.04 bits per heavy atom. The van der Waals surface area contributed by atoms with Crippen molar-refractivity contribution in [2.24, 2.45) is 0 Å². The fraction of sp³-hybridized carbons (Fsp3) is 0.278. The number of nitrogens with two attached hydrogens (primary N) is 1. The summed E-state index contributed by atoms with van der Waals surface area (Å²) in [6.45, 7) is 6.37. The Bertz CT molecular complexity index is 687. The minimum absolute atomic E-state index is 0. The summed E-state index contributed by atoms with van der Waals surface area (Å²) < 4.78 is 5.62. The van der Waals surface area contributed by atoms with E-state index >= 15 is 0 Å². The lowest BCUT2D eigenvalue weighted by atomic mass is 10.1. The van der Waals surface area contributed by atoms with Gasteiger partial charge in [0, 0.05) is 11.4 Å². The summed E-state index contributed by atoms with van der Waals surface area (Å²) in [6.07, 6.45) is 0.293. The molecule has 0 aliphatic carbocycles. The summed E-state index contributed by atoms with van der Waals surface area (Å²) in [5.74, 6) is 0.702. The van der Waals surface area contributed by atoms with Crippen molar-refractivity contribution in [3.8, 4) is 5.75 Å². The van der Waals surface area contributed by atoms with Crippen LogP contribution in [0.1, 0.15) is 23.1 Å². The third-order valence-electron chi connectivity index (χ3n) is 3.61. The second-order valence-corrected chi connectivity index (χ2v) is 5.47. The van der Waals surface area contributed by atoms with Crippen LogP contribution >= 0.6 is 12.4 Å². The molecule has 5 heteroatoms. The Hall–Kier alpha value is -2.20. The van der Waals surface area contributed by atoms with Gasteiger partial charge in [0.2, 0.25) is 5.91 Å². The molecule has 0 aliphatic heterocycles. The van der Waals surface area contributed by atoms with Gasteiger partial charge in [-0.15, -0.1) is 12.4 Å². The van der Waals surface area contributed by atoms with Crippen molar-refractivity contribution in [2.45, 2.75) is 27.2 Å². The van der Waals surface area contributed by atoms with E-state index in [9.17, 15) is 4.79 Å². The average Bonchev–Trinajstić information content (AvgIpc) is 2.47. The minimum Gasteiger partial charge on any atom is -0.493 e. The van der Waals surface area contributed by atoms with Crippen LogP contribution in [0, 0.1) is 20.8 Å². The quantitative estimate of drug-likeness (QED) is 0.811. The molecule has 2 rings (SSSR count). The van der Waals surface area contributed by atoms with Crippen molar-refractivity contribution in [3.05, 3.63) is 53.1 Å². The smallest absolute Gasteiger partial charge is 0.227 e. The number of rotatable bonds is 5. The third kappa shape index (κ3) is 5.49. The van der Waals surface area contributed by atoms with Gasteiger partial charge in [0.1, 0.15) is 5.75 Å². The highest BCUT2D eigenvalue weighted by Crippen LogP contribution is 2.19. The van der Waals surface area contributed by atoms with Crippen molar-refractivity contribution in [3.63, 3.8) is 0 Å². The normalized spacial score (nSPS) is 9.87. The van der Waals surface area contributed by atoms with Crippen LogP contribution in [0.25, 0.3) is 0 Å². The molecule has 0 heterocycles. The van der Waals surface area contributed by atoms with Gasteiger partial charge >= 0.3 is 0 Å². The number of carbonyl (C=O) groups excluding carboxylic acids is 1. The fourth-order valence-electron chi connectivity index (χ4n) is 2.05. The van der Waals surface area contributed by atoms with Crippen molar-refractivity contribution in [2.75, 3.05) is 17.7 Å². The van der Waals surface area contributed by atoms with Gasteiger partial charge in [-0.25, -0.2) is 0 Å². The predicted molar refractivity (Wildman–Crippen MR) is 97.5 cm³/mol. The van der Waals surface area contributed by atoms with E-state index in [0.29, 0.717) is 18.7 Å². The van der Waals surface area contributed by atoms with E-state index in [4.69, 9.17) is 10.5 Å². The van der Waals surface area contributed by atoms with Gasteiger partial charge in [-0.05, 0) is 61.7 Å². The van der Waals surface area contributed by atoms with Gasteiger partial charge in [0.15, 0.2) is 0 Å². The van der Waals surface area contributed by atoms with Gasteiger partial charge < -0.3 is 15.8 Å². The lowest BCUT2D eigenvalue weighted by molar-refractivity contribution is -0.116. The second kappa shape index (κ2) is 8.44. The molecule has 0 bridgehead atoms. The van der Waals surface area contributed by atoms with Gasteiger partial charge in [-0.1, -0.05) is 12.1 Å². The van der Waals surface area contributed by atoms with Crippen molar-refractivity contribution in [1.82, 2.24) is 0 Å². The second-order valence-electron chi connectivity index (χ2n) is 5.47. The molecule has 0 saturated carbocycles. The van der Waals surface area contributed by atoms with Crippen molar-refractivity contribution >= 4 is 29.7 Å². The topological polar surface area (TPSA) is 64.3 Å². The first-order chi connectivity index (χ1) is 10.5. The molecule has 3 N–H and O–H groups in total. The fourth-order valence-corrected chi connectivity index (χ4v) is 2.05. The molecule has 0 radical (unpaired) electrons. The highest BCUT2D eigenvalue weighted by Gasteiger charge is 2.06. The number of benzene rings is 2. The SMILES string of the molecule is Cc1ccc(OCCC(=O)Nc2cc(N)ccc2C)cc1C.Cl. The summed E-state index contributed by atoms with van der Waals surface area (Å²) in [7, 11) is 0. The number of hydrogen-bond donors (Lipinski definition) is 2. The number of anilines is 2. The maximum atomic E-state index is 12.0. The van der Waals surface area contributed by atoms with E-state index in [1.165, 1.54) is 11.1 Å². The number of halogens is 1. The molecule has 0 spiro atoms. The molecule has 0 atom stereocenters. The molecule has 2 aromatic rings.